The van der Waals surface area contributed by atoms with Crippen molar-refractivity contribution in [1.29, 1.82) is 0 Å². The van der Waals surface area contributed by atoms with Gasteiger partial charge in [0.2, 0.25) is 12.6 Å². The summed E-state index contributed by atoms with van der Waals surface area (Å²) in [6.45, 7) is 0.543. The van der Waals surface area contributed by atoms with E-state index in [1.54, 1.807) is 42.5 Å². The van der Waals surface area contributed by atoms with E-state index in [0.29, 0.717) is 27.6 Å². The predicted molar refractivity (Wildman–Crippen MR) is 102 cm³/mol. The standard InChI is InChI=1S/C19H15ClN4O5/c20-13-4-2-1-3-12(13)17(25)21-7-8-22-18(26)19-23-16(24-29-19)11-5-6-14-15(9-11)28-10-27-14/h1-6,9H,7-8,10H2,(H,21,25)(H,22,26). The lowest BCUT2D eigenvalue weighted by Gasteiger charge is -2.06. The van der Waals surface area contributed by atoms with Crippen LogP contribution < -0.4 is 20.1 Å². The first-order valence-corrected chi connectivity index (χ1v) is 9.04. The third-order valence-corrected chi connectivity index (χ3v) is 4.40. The minimum absolute atomic E-state index is 0.158. The monoisotopic (exact) mass is 414 g/mol. The molecule has 0 radical (unpaired) electrons. The fraction of sp³-hybridized carbons (Fsp3) is 0.158. The van der Waals surface area contributed by atoms with Gasteiger partial charge in [0, 0.05) is 18.7 Å². The van der Waals surface area contributed by atoms with E-state index in [1.165, 1.54) is 0 Å². The number of carbonyl (C=O) groups is 2. The number of rotatable bonds is 6. The van der Waals surface area contributed by atoms with Crippen LogP contribution in [0.4, 0.5) is 0 Å². The molecule has 29 heavy (non-hydrogen) atoms. The zero-order chi connectivity index (χ0) is 20.2. The number of aromatic nitrogens is 2. The van der Waals surface area contributed by atoms with E-state index in [9.17, 15) is 9.59 Å². The van der Waals surface area contributed by atoms with Crippen molar-refractivity contribution in [3.05, 3.63) is 58.9 Å². The van der Waals surface area contributed by atoms with Gasteiger partial charge >= 0.3 is 11.8 Å². The summed E-state index contributed by atoms with van der Waals surface area (Å²) in [5, 5.41) is 9.44. The van der Waals surface area contributed by atoms with E-state index in [0.717, 1.165) is 0 Å². The molecule has 9 nitrogen and oxygen atoms in total. The van der Waals surface area contributed by atoms with E-state index in [1.807, 2.05) is 0 Å². The number of halogens is 1. The van der Waals surface area contributed by atoms with Crippen LogP contribution in [0.5, 0.6) is 11.5 Å². The Morgan fingerprint density at radius 2 is 1.76 bits per heavy atom. The molecule has 0 unspecified atom stereocenters. The molecular weight excluding hydrogens is 400 g/mol. The minimum atomic E-state index is -0.545. The second-order valence-corrected chi connectivity index (χ2v) is 6.39. The number of carbonyl (C=O) groups excluding carboxylic acids is 2. The van der Waals surface area contributed by atoms with Crippen molar-refractivity contribution in [2.45, 2.75) is 0 Å². The van der Waals surface area contributed by atoms with Gasteiger partial charge in [0.1, 0.15) is 0 Å². The van der Waals surface area contributed by atoms with Crippen molar-refractivity contribution >= 4 is 23.4 Å². The van der Waals surface area contributed by atoms with Gasteiger partial charge in [-0.15, -0.1) is 0 Å². The zero-order valence-electron chi connectivity index (χ0n) is 15.0. The van der Waals surface area contributed by atoms with Gasteiger partial charge in [-0.25, -0.2) is 0 Å². The molecule has 1 aromatic heterocycles. The highest BCUT2D eigenvalue weighted by Gasteiger charge is 2.19. The first kappa shape index (κ1) is 18.8. The molecule has 0 bridgehead atoms. The molecule has 3 aromatic rings. The molecule has 4 rings (SSSR count). The van der Waals surface area contributed by atoms with Crippen molar-refractivity contribution in [3.63, 3.8) is 0 Å². The summed E-state index contributed by atoms with van der Waals surface area (Å²) < 4.78 is 15.6. The quantitative estimate of drug-likeness (QED) is 0.594. The SMILES string of the molecule is O=C(NCCNC(=O)c1ccccc1Cl)c1nc(-c2ccc3c(c2)OCO3)no1. The summed E-state index contributed by atoms with van der Waals surface area (Å²) in [6.07, 6.45) is 0. The Labute approximate surface area is 170 Å². The Hall–Kier alpha value is -3.59. The number of fused-ring (bicyclic) bond motifs is 1. The fourth-order valence-electron chi connectivity index (χ4n) is 2.64. The van der Waals surface area contributed by atoms with E-state index >= 15 is 0 Å². The van der Waals surface area contributed by atoms with Gasteiger partial charge in [0.05, 0.1) is 10.6 Å². The van der Waals surface area contributed by atoms with Crippen LogP contribution in [0, 0.1) is 0 Å². The number of ether oxygens (including phenoxy) is 2. The number of amides is 2. The molecular formula is C19H15ClN4O5. The molecule has 2 heterocycles. The van der Waals surface area contributed by atoms with Crippen LogP contribution in [-0.4, -0.2) is 41.8 Å². The van der Waals surface area contributed by atoms with Crippen molar-refractivity contribution in [3.8, 4) is 22.9 Å². The minimum Gasteiger partial charge on any atom is -0.454 e. The van der Waals surface area contributed by atoms with E-state index in [-0.39, 0.29) is 37.5 Å². The molecule has 0 atom stereocenters. The van der Waals surface area contributed by atoms with Gasteiger partial charge in [-0.1, -0.05) is 28.9 Å². The molecule has 2 N–H and O–H groups in total. The third-order valence-electron chi connectivity index (χ3n) is 4.07. The van der Waals surface area contributed by atoms with E-state index < -0.39 is 5.91 Å². The van der Waals surface area contributed by atoms with E-state index in [4.69, 9.17) is 25.6 Å². The molecule has 1 aliphatic heterocycles. The highest BCUT2D eigenvalue weighted by atomic mass is 35.5. The van der Waals surface area contributed by atoms with Crippen molar-refractivity contribution in [1.82, 2.24) is 20.8 Å². The maximum Gasteiger partial charge on any atom is 0.316 e. The molecule has 0 fully saturated rings. The highest BCUT2D eigenvalue weighted by Crippen LogP contribution is 2.35. The number of hydrogen-bond donors (Lipinski definition) is 2. The Kier molecular flexibility index (Phi) is 5.30. The first-order chi connectivity index (χ1) is 14.1. The number of nitrogens with one attached hydrogen (secondary N) is 2. The second-order valence-electron chi connectivity index (χ2n) is 5.98. The smallest absolute Gasteiger partial charge is 0.316 e. The highest BCUT2D eigenvalue weighted by molar-refractivity contribution is 6.33. The van der Waals surface area contributed by atoms with Gasteiger partial charge in [0.25, 0.3) is 5.91 Å². The van der Waals surface area contributed by atoms with Gasteiger partial charge in [-0.05, 0) is 30.3 Å². The number of hydrogen-bond acceptors (Lipinski definition) is 7. The lowest BCUT2D eigenvalue weighted by Crippen LogP contribution is -2.34. The second kappa shape index (κ2) is 8.19. The normalized spacial score (nSPS) is 11.9. The number of benzene rings is 2. The summed E-state index contributed by atoms with van der Waals surface area (Å²) >= 11 is 5.97. The fourth-order valence-corrected chi connectivity index (χ4v) is 2.86. The molecule has 0 saturated heterocycles. The summed E-state index contributed by atoms with van der Waals surface area (Å²) in [4.78, 5) is 28.3. The summed E-state index contributed by atoms with van der Waals surface area (Å²) in [5.74, 6) is 0.404. The molecule has 10 heteroatoms. The molecule has 0 spiro atoms. The van der Waals surface area contributed by atoms with Crippen molar-refractivity contribution < 1.29 is 23.6 Å². The van der Waals surface area contributed by atoms with Gasteiger partial charge in [-0.3, -0.25) is 9.59 Å². The van der Waals surface area contributed by atoms with Crippen LogP contribution in [0.25, 0.3) is 11.4 Å². The number of nitrogens with zero attached hydrogens (tertiary/aromatic N) is 2. The van der Waals surface area contributed by atoms with Crippen LogP contribution in [0.15, 0.2) is 47.0 Å². The first-order valence-electron chi connectivity index (χ1n) is 8.66. The molecule has 0 saturated carbocycles. The summed E-state index contributed by atoms with van der Waals surface area (Å²) in [6, 6.07) is 11.9. The molecule has 148 valence electrons. The summed E-state index contributed by atoms with van der Waals surface area (Å²) in [5.41, 5.74) is 0.995. The largest absolute Gasteiger partial charge is 0.454 e. The topological polar surface area (TPSA) is 116 Å². The van der Waals surface area contributed by atoms with Crippen molar-refractivity contribution in [2.24, 2.45) is 0 Å². The summed E-state index contributed by atoms with van der Waals surface area (Å²) in [7, 11) is 0. The van der Waals surface area contributed by atoms with E-state index in [2.05, 4.69) is 20.8 Å². The molecule has 2 amide bonds. The van der Waals surface area contributed by atoms with Gasteiger partial charge in [0.15, 0.2) is 11.5 Å². The maximum atomic E-state index is 12.2. The maximum absolute atomic E-state index is 12.2. The molecule has 1 aliphatic rings. The van der Waals surface area contributed by atoms with Crippen LogP contribution in [0.1, 0.15) is 21.0 Å². The Bertz CT molecular complexity index is 1070. The average Bonchev–Trinajstić information content (AvgIpc) is 3.40. The Balaban J connectivity index is 1.30. The third kappa shape index (κ3) is 4.14. The molecule has 2 aromatic carbocycles. The molecule has 0 aliphatic carbocycles. The van der Waals surface area contributed by atoms with Crippen LogP contribution in [0.3, 0.4) is 0 Å². The van der Waals surface area contributed by atoms with Crippen LogP contribution in [0.2, 0.25) is 5.02 Å². The lowest BCUT2D eigenvalue weighted by atomic mass is 10.2. The van der Waals surface area contributed by atoms with Gasteiger partial charge in [-0.2, -0.15) is 4.98 Å². The predicted octanol–water partition coefficient (Wildman–Crippen LogP) is 2.28. The Morgan fingerprint density at radius 3 is 2.59 bits per heavy atom. The van der Waals surface area contributed by atoms with Crippen LogP contribution in [-0.2, 0) is 0 Å². The average molecular weight is 415 g/mol. The zero-order valence-corrected chi connectivity index (χ0v) is 15.7. The Morgan fingerprint density at radius 1 is 1.00 bits per heavy atom. The van der Waals surface area contributed by atoms with Gasteiger partial charge < -0.3 is 24.6 Å². The van der Waals surface area contributed by atoms with Crippen LogP contribution >= 0.6 is 11.6 Å². The lowest BCUT2D eigenvalue weighted by molar-refractivity contribution is 0.0898. The van der Waals surface area contributed by atoms with Crippen molar-refractivity contribution in [2.75, 3.05) is 19.9 Å².